The zero-order valence-electron chi connectivity index (χ0n) is 16.6. The van der Waals surface area contributed by atoms with E-state index in [-0.39, 0.29) is 44.0 Å². The highest BCUT2D eigenvalue weighted by atomic mass is 16.5. The Morgan fingerprint density at radius 1 is 1.34 bits per heavy atom. The van der Waals surface area contributed by atoms with Crippen molar-refractivity contribution in [2.45, 2.75) is 25.3 Å². The van der Waals surface area contributed by atoms with Crippen molar-refractivity contribution in [2.24, 2.45) is 11.8 Å². The summed E-state index contributed by atoms with van der Waals surface area (Å²) >= 11 is 0. The minimum Gasteiger partial charge on any atom is -0.490 e. The van der Waals surface area contributed by atoms with Crippen LogP contribution in [0.4, 0.5) is 0 Å². The minimum atomic E-state index is -1.01. The standard InChI is InChI=1S/C21H27N3O5/c1-2-28-20(27)16-11-24(19(26)14-6-5-9-22-10-14)12-21(16)13-29-17-8-4-3-7-15(17)18(25)23-21/h3-4,7-8,14,16,22H,2,5-6,9-13H2,1H3,(H,23,25)/t14?,16-,21-/m0/s1. The van der Waals surface area contributed by atoms with Gasteiger partial charge in [-0.05, 0) is 38.4 Å². The summed E-state index contributed by atoms with van der Waals surface area (Å²) in [5.74, 6) is -1.02. The first-order valence-corrected chi connectivity index (χ1v) is 10.2. The average Bonchev–Trinajstić information content (AvgIpc) is 3.05. The number of rotatable bonds is 3. The van der Waals surface area contributed by atoms with Gasteiger partial charge in [0.1, 0.15) is 23.8 Å². The molecule has 3 aliphatic rings. The van der Waals surface area contributed by atoms with Gasteiger partial charge in [0.15, 0.2) is 0 Å². The summed E-state index contributed by atoms with van der Waals surface area (Å²) in [6.07, 6.45) is 1.78. The number of hydrogen-bond donors (Lipinski definition) is 2. The Kier molecular flexibility index (Phi) is 5.45. The van der Waals surface area contributed by atoms with Crippen LogP contribution in [0.3, 0.4) is 0 Å². The van der Waals surface area contributed by atoms with Gasteiger partial charge >= 0.3 is 5.97 Å². The van der Waals surface area contributed by atoms with Crippen LogP contribution in [0.2, 0.25) is 0 Å². The predicted octanol–water partition coefficient (Wildman–Crippen LogP) is 0.569. The molecule has 8 nitrogen and oxygen atoms in total. The second kappa shape index (κ2) is 8.02. The van der Waals surface area contributed by atoms with E-state index in [1.165, 1.54) is 0 Å². The van der Waals surface area contributed by atoms with Gasteiger partial charge in [-0.1, -0.05) is 12.1 Å². The van der Waals surface area contributed by atoms with Crippen LogP contribution < -0.4 is 15.4 Å². The van der Waals surface area contributed by atoms with Gasteiger partial charge < -0.3 is 25.0 Å². The third-order valence-corrected chi connectivity index (χ3v) is 6.05. The first-order valence-electron chi connectivity index (χ1n) is 10.2. The Morgan fingerprint density at radius 2 is 2.17 bits per heavy atom. The normalized spacial score (nSPS) is 28.9. The number of nitrogens with one attached hydrogen (secondary N) is 2. The van der Waals surface area contributed by atoms with Crippen LogP contribution in [0.25, 0.3) is 0 Å². The molecule has 0 aliphatic carbocycles. The largest absolute Gasteiger partial charge is 0.490 e. The highest BCUT2D eigenvalue weighted by Gasteiger charge is 2.55. The number of fused-ring (bicyclic) bond motifs is 1. The lowest BCUT2D eigenvalue weighted by atomic mass is 9.87. The van der Waals surface area contributed by atoms with Crippen molar-refractivity contribution in [1.82, 2.24) is 15.5 Å². The Morgan fingerprint density at radius 3 is 2.93 bits per heavy atom. The molecular formula is C21H27N3O5. The number of para-hydroxylation sites is 1. The average molecular weight is 401 g/mol. The van der Waals surface area contributed by atoms with Crippen molar-refractivity contribution in [3.8, 4) is 5.75 Å². The molecule has 0 radical (unpaired) electrons. The number of likely N-dealkylation sites (tertiary alicyclic amines) is 1. The smallest absolute Gasteiger partial charge is 0.313 e. The molecule has 3 heterocycles. The van der Waals surface area contributed by atoms with E-state index >= 15 is 0 Å². The van der Waals surface area contributed by atoms with Crippen molar-refractivity contribution in [2.75, 3.05) is 39.4 Å². The molecular weight excluding hydrogens is 374 g/mol. The molecule has 1 aromatic carbocycles. The molecule has 1 aromatic rings. The summed E-state index contributed by atoms with van der Waals surface area (Å²) in [7, 11) is 0. The van der Waals surface area contributed by atoms with E-state index in [1.807, 2.05) is 0 Å². The van der Waals surface area contributed by atoms with E-state index in [4.69, 9.17) is 9.47 Å². The van der Waals surface area contributed by atoms with E-state index in [2.05, 4.69) is 10.6 Å². The monoisotopic (exact) mass is 401 g/mol. The maximum Gasteiger partial charge on any atom is 0.313 e. The highest BCUT2D eigenvalue weighted by molar-refractivity contribution is 5.98. The topological polar surface area (TPSA) is 97.0 Å². The van der Waals surface area contributed by atoms with Crippen LogP contribution in [0.1, 0.15) is 30.1 Å². The van der Waals surface area contributed by atoms with Gasteiger partial charge in [0.25, 0.3) is 5.91 Å². The molecule has 3 atom stereocenters. The van der Waals surface area contributed by atoms with Crippen molar-refractivity contribution < 1.29 is 23.9 Å². The second-order valence-electron chi connectivity index (χ2n) is 7.96. The molecule has 0 saturated carbocycles. The minimum absolute atomic E-state index is 0.0133. The van der Waals surface area contributed by atoms with Gasteiger partial charge in [0, 0.05) is 19.6 Å². The van der Waals surface area contributed by atoms with E-state index in [9.17, 15) is 14.4 Å². The Labute approximate surface area is 169 Å². The van der Waals surface area contributed by atoms with Gasteiger partial charge in [-0.2, -0.15) is 0 Å². The fourth-order valence-corrected chi connectivity index (χ4v) is 4.53. The zero-order valence-corrected chi connectivity index (χ0v) is 16.6. The van der Waals surface area contributed by atoms with Crippen LogP contribution in [-0.2, 0) is 14.3 Å². The number of piperidine rings is 1. The fourth-order valence-electron chi connectivity index (χ4n) is 4.53. The number of carbonyl (C=O) groups excluding carboxylic acids is 3. The molecule has 2 N–H and O–H groups in total. The number of carbonyl (C=O) groups is 3. The lowest BCUT2D eigenvalue weighted by Crippen LogP contribution is -2.59. The lowest BCUT2D eigenvalue weighted by molar-refractivity contribution is -0.150. The van der Waals surface area contributed by atoms with Crippen LogP contribution in [0.5, 0.6) is 5.75 Å². The highest BCUT2D eigenvalue weighted by Crippen LogP contribution is 2.35. The second-order valence-corrected chi connectivity index (χ2v) is 7.96. The molecule has 2 fully saturated rings. The van der Waals surface area contributed by atoms with Gasteiger partial charge in [-0.3, -0.25) is 14.4 Å². The molecule has 0 aromatic heterocycles. The fraction of sp³-hybridized carbons (Fsp3) is 0.571. The summed E-state index contributed by atoms with van der Waals surface area (Å²) in [4.78, 5) is 40.5. The maximum absolute atomic E-state index is 13.1. The molecule has 4 rings (SSSR count). The first-order chi connectivity index (χ1) is 14.0. The molecule has 2 amide bonds. The molecule has 156 valence electrons. The molecule has 1 unspecified atom stereocenters. The third kappa shape index (κ3) is 3.69. The summed E-state index contributed by atoms with van der Waals surface area (Å²) in [6.45, 7) is 4.09. The summed E-state index contributed by atoms with van der Waals surface area (Å²) in [6, 6.07) is 6.99. The van der Waals surface area contributed by atoms with Crippen molar-refractivity contribution in [3.05, 3.63) is 29.8 Å². The molecule has 29 heavy (non-hydrogen) atoms. The Bertz CT molecular complexity index is 807. The number of esters is 1. The van der Waals surface area contributed by atoms with E-state index < -0.39 is 17.4 Å². The zero-order chi connectivity index (χ0) is 20.4. The molecule has 8 heteroatoms. The van der Waals surface area contributed by atoms with Crippen molar-refractivity contribution in [1.29, 1.82) is 0 Å². The Balaban J connectivity index is 1.61. The van der Waals surface area contributed by atoms with E-state index in [0.29, 0.717) is 17.9 Å². The number of hydrogen-bond acceptors (Lipinski definition) is 6. The van der Waals surface area contributed by atoms with Gasteiger partial charge in [-0.25, -0.2) is 0 Å². The van der Waals surface area contributed by atoms with Crippen molar-refractivity contribution >= 4 is 17.8 Å². The third-order valence-electron chi connectivity index (χ3n) is 6.05. The quantitative estimate of drug-likeness (QED) is 0.719. The molecule has 2 saturated heterocycles. The number of ether oxygens (including phenoxy) is 2. The van der Waals surface area contributed by atoms with Crippen LogP contribution in [0, 0.1) is 11.8 Å². The lowest BCUT2D eigenvalue weighted by Gasteiger charge is -2.32. The maximum atomic E-state index is 13.1. The number of nitrogens with zero attached hydrogens (tertiary/aromatic N) is 1. The van der Waals surface area contributed by atoms with Gasteiger partial charge in [0.2, 0.25) is 5.91 Å². The summed E-state index contributed by atoms with van der Waals surface area (Å²) in [5, 5.41) is 6.27. The first kappa shape index (κ1) is 19.7. The molecule has 1 spiro atoms. The predicted molar refractivity (Wildman–Crippen MR) is 104 cm³/mol. The molecule has 3 aliphatic heterocycles. The van der Waals surface area contributed by atoms with E-state index in [1.54, 1.807) is 36.1 Å². The number of amides is 2. The number of benzene rings is 1. The SMILES string of the molecule is CCOC(=O)[C@@H]1CN(C(=O)C2CCCNC2)C[C@]12COc1ccccc1C(=O)N2. The summed E-state index contributed by atoms with van der Waals surface area (Å²) < 4.78 is 11.2. The molecule has 0 bridgehead atoms. The van der Waals surface area contributed by atoms with Crippen molar-refractivity contribution in [3.63, 3.8) is 0 Å². The van der Waals surface area contributed by atoms with Crippen LogP contribution in [-0.4, -0.2) is 67.6 Å². The van der Waals surface area contributed by atoms with Gasteiger partial charge in [0.05, 0.1) is 18.1 Å². The van der Waals surface area contributed by atoms with Crippen LogP contribution in [0.15, 0.2) is 24.3 Å². The van der Waals surface area contributed by atoms with Gasteiger partial charge in [-0.15, -0.1) is 0 Å². The van der Waals surface area contributed by atoms with E-state index in [0.717, 1.165) is 19.4 Å². The Hall–Kier alpha value is -2.61. The van der Waals surface area contributed by atoms with Crippen LogP contribution >= 0.6 is 0 Å². The summed E-state index contributed by atoms with van der Waals surface area (Å²) in [5.41, 5.74) is -0.589.